The van der Waals surface area contributed by atoms with Crippen LogP contribution in [0.3, 0.4) is 0 Å². The molecule has 0 saturated carbocycles. The minimum Gasteiger partial charge on any atom is -0.356 e. The number of thiophene rings is 1. The van der Waals surface area contributed by atoms with E-state index in [0.29, 0.717) is 40.7 Å². The largest absolute Gasteiger partial charge is 0.399 e. The number of rotatable bonds is 14. The summed E-state index contributed by atoms with van der Waals surface area (Å²) in [5.41, 5.74) is -4.48. The zero-order valence-corrected chi connectivity index (χ0v) is 40.6. The minimum atomic E-state index is -5.85. The smallest absolute Gasteiger partial charge is 0.356 e. The Bertz CT molecular complexity index is 2910. The predicted molar refractivity (Wildman–Crippen MR) is 253 cm³/mol. The van der Waals surface area contributed by atoms with Crippen molar-refractivity contribution in [1.29, 1.82) is 0 Å². The van der Waals surface area contributed by atoms with Crippen molar-refractivity contribution in [3.63, 3.8) is 0 Å². The van der Waals surface area contributed by atoms with Crippen molar-refractivity contribution in [2.45, 2.75) is 96.1 Å². The fourth-order valence-corrected chi connectivity index (χ4v) is 10.1. The summed E-state index contributed by atoms with van der Waals surface area (Å²) in [6, 6.07) is 10.1. The van der Waals surface area contributed by atoms with Gasteiger partial charge in [-0.15, -0.1) is 11.3 Å². The van der Waals surface area contributed by atoms with Gasteiger partial charge >= 0.3 is 13.3 Å². The molecule has 3 aliphatic heterocycles. The molecular weight excluding hydrogens is 976 g/mol. The Morgan fingerprint density at radius 1 is 1.04 bits per heavy atom. The monoisotopic (exact) mass is 1020 g/mol. The Morgan fingerprint density at radius 3 is 2.50 bits per heavy atom. The molecule has 3 atom stereocenters. The number of carbonyl (C=O) groups is 7. The summed E-state index contributed by atoms with van der Waals surface area (Å²) in [5, 5.41) is 7.76. The molecule has 7 rings (SSSR count). The number of amides is 7. The highest BCUT2D eigenvalue weighted by Gasteiger charge is 2.50. The van der Waals surface area contributed by atoms with Crippen molar-refractivity contribution in [2.24, 2.45) is 5.41 Å². The zero-order valence-electron chi connectivity index (χ0n) is 38.2. The van der Waals surface area contributed by atoms with E-state index >= 15 is 0 Å². The number of imide groups is 1. The van der Waals surface area contributed by atoms with E-state index < -0.39 is 77.7 Å². The van der Waals surface area contributed by atoms with Gasteiger partial charge in [0.15, 0.2) is 0 Å². The molecule has 1 unspecified atom stereocenters. The van der Waals surface area contributed by atoms with Gasteiger partial charge in [0.2, 0.25) is 29.5 Å². The number of nitrogens with zero attached hydrogens (tertiary/aromatic N) is 3. The van der Waals surface area contributed by atoms with Gasteiger partial charge < -0.3 is 35.1 Å². The topological polar surface area (TPSA) is 223 Å². The first-order chi connectivity index (χ1) is 33.0. The molecule has 0 radical (unpaired) electrons. The molecule has 5 N–H and O–H groups in total. The second kappa shape index (κ2) is 20.7. The number of fused-ring (bicyclic) bond motifs is 2. The summed E-state index contributed by atoms with van der Waals surface area (Å²) in [6.07, 6.45) is 1.62. The minimum absolute atomic E-state index is 0.0280. The zero-order chi connectivity index (χ0) is 50.9. The quantitative estimate of drug-likeness (QED) is 0.0417. The van der Waals surface area contributed by atoms with Crippen LogP contribution in [0, 0.1) is 23.1 Å². The Balaban J connectivity index is 0.978. The Kier molecular flexibility index (Phi) is 15.3. The summed E-state index contributed by atoms with van der Waals surface area (Å²) in [7, 11) is -5.85. The van der Waals surface area contributed by atoms with Gasteiger partial charge in [-0.05, 0) is 90.6 Å². The van der Waals surface area contributed by atoms with Crippen LogP contribution in [-0.4, -0.2) is 98.7 Å². The number of hydrogen-bond donors (Lipinski definition) is 5. The fraction of sp³-hybridized carbons (Fsp3) is 0.396. The van der Waals surface area contributed by atoms with Gasteiger partial charge in [0.05, 0.1) is 9.90 Å². The molecular formula is C48H49ClF3N6O10PS. The van der Waals surface area contributed by atoms with Crippen LogP contribution >= 0.6 is 30.5 Å². The molecule has 0 spiro atoms. The van der Waals surface area contributed by atoms with E-state index in [-0.39, 0.29) is 84.7 Å². The van der Waals surface area contributed by atoms with Crippen LogP contribution in [0.25, 0.3) is 10.1 Å². The first-order valence-electron chi connectivity index (χ1n) is 22.3. The normalized spacial score (nSPS) is 17.7. The number of piperidine rings is 1. The first-order valence-corrected chi connectivity index (χ1v) is 25.1. The third-order valence-corrected chi connectivity index (χ3v) is 14.7. The summed E-state index contributed by atoms with van der Waals surface area (Å²) < 4.78 is 55.7. The van der Waals surface area contributed by atoms with Crippen molar-refractivity contribution in [3.8, 4) is 11.8 Å². The molecule has 4 aromatic rings. The maximum Gasteiger partial charge on any atom is 0.399 e. The SMILES string of the molecule is CC(C)(C)[C@H](NC(=O)c1cc2cc(C(F)(F)P(=O)(O)O)ccc2s1)C(=O)N1CCC[C@H]1C(=O)N(CCC(=O)NCCCC#Cc1cccc2c1CN(C1CCC(=O)NC1=O)C2=O)c1ccc(Cl)c(F)c1. The first kappa shape index (κ1) is 51.7. The summed E-state index contributed by atoms with van der Waals surface area (Å²) in [5.74, 6) is 1.80. The Labute approximate surface area is 409 Å². The van der Waals surface area contributed by atoms with E-state index in [1.165, 1.54) is 39.0 Å². The van der Waals surface area contributed by atoms with Crippen LogP contribution < -0.4 is 20.9 Å². The predicted octanol–water partition coefficient (Wildman–Crippen LogP) is 6.19. The summed E-state index contributed by atoms with van der Waals surface area (Å²) in [4.78, 5) is 116. The maximum absolute atomic E-state index is 14.9. The lowest BCUT2D eigenvalue weighted by molar-refractivity contribution is -0.141. The molecule has 2 fully saturated rings. The van der Waals surface area contributed by atoms with Gasteiger partial charge in [0, 0.05) is 72.5 Å². The van der Waals surface area contributed by atoms with Crippen LogP contribution in [0.5, 0.6) is 0 Å². The molecule has 70 heavy (non-hydrogen) atoms. The highest BCUT2D eigenvalue weighted by molar-refractivity contribution is 7.52. The Morgan fingerprint density at radius 2 is 1.80 bits per heavy atom. The molecule has 22 heteroatoms. The van der Waals surface area contributed by atoms with Crippen LogP contribution in [-0.2, 0) is 40.7 Å². The molecule has 16 nitrogen and oxygen atoms in total. The van der Waals surface area contributed by atoms with Crippen molar-refractivity contribution in [2.75, 3.05) is 24.5 Å². The average Bonchev–Trinajstić information content (AvgIpc) is 4.05. The van der Waals surface area contributed by atoms with Gasteiger partial charge in [-0.2, -0.15) is 8.78 Å². The summed E-state index contributed by atoms with van der Waals surface area (Å²) >= 11 is 6.90. The number of alkyl halides is 2. The standard InChI is InChI=1S/C48H49ClF3N6O10PS/c1-47(2,3)41(55-43(62)38-24-28-23-29(13-17-37(28)70-38)48(51,52)69(66,67)68)46(65)57-21-8-12-36(57)45(64)56(30-14-15-33(49)34(50)25-30)22-19-39(59)53-20-6-4-5-9-27-10-7-11-31-32(27)26-58(44(31)63)35-16-18-40(60)54-42(35)61/h7,10-11,13-15,17,23-25,35-36,41H,4,6,8,12,16,18-22,26H2,1-3H3,(H,53,59)(H,55,62)(H,54,60,61)(H2,66,67,68)/t35?,36-,41+/m0/s1. The van der Waals surface area contributed by atoms with E-state index in [2.05, 4.69) is 27.8 Å². The highest BCUT2D eigenvalue weighted by Crippen LogP contribution is 2.59. The van der Waals surface area contributed by atoms with Crippen LogP contribution in [0.2, 0.25) is 5.02 Å². The number of anilines is 1. The van der Waals surface area contributed by atoms with E-state index in [4.69, 9.17) is 11.6 Å². The van der Waals surface area contributed by atoms with Gasteiger partial charge in [-0.3, -0.25) is 43.4 Å². The summed E-state index contributed by atoms with van der Waals surface area (Å²) in [6.45, 7) is 5.45. The number of nitrogens with one attached hydrogen (secondary N) is 3. The van der Waals surface area contributed by atoms with Gasteiger partial charge in [0.25, 0.3) is 11.8 Å². The molecule has 1 aromatic heterocycles. The number of carbonyl (C=O) groups excluding carboxylic acids is 7. The van der Waals surface area contributed by atoms with E-state index in [0.717, 1.165) is 29.5 Å². The molecule has 370 valence electrons. The van der Waals surface area contributed by atoms with Crippen molar-refractivity contribution in [1.82, 2.24) is 25.8 Å². The second-order valence-corrected chi connectivity index (χ2v) is 21.4. The number of halogens is 4. The number of hydrogen-bond acceptors (Lipinski definition) is 9. The third kappa shape index (κ3) is 11.1. The van der Waals surface area contributed by atoms with Crippen LogP contribution in [0.4, 0.5) is 18.9 Å². The second-order valence-electron chi connectivity index (χ2n) is 18.2. The molecule has 2 saturated heterocycles. The lowest BCUT2D eigenvalue weighted by Gasteiger charge is -2.36. The fourth-order valence-electron chi connectivity index (χ4n) is 8.58. The number of likely N-dealkylation sites (tertiary alicyclic amines) is 1. The van der Waals surface area contributed by atoms with Crippen molar-refractivity contribution >= 4 is 87.7 Å². The number of unbranched alkanes of at least 4 members (excludes halogenated alkanes) is 1. The maximum atomic E-state index is 14.9. The molecule has 3 aromatic carbocycles. The average molecular weight is 1030 g/mol. The van der Waals surface area contributed by atoms with Gasteiger partial charge in [-0.1, -0.05) is 56.3 Å². The lowest BCUT2D eigenvalue weighted by atomic mass is 9.85. The third-order valence-electron chi connectivity index (χ3n) is 12.3. The van der Waals surface area contributed by atoms with E-state index in [1.54, 1.807) is 39.0 Å². The van der Waals surface area contributed by atoms with E-state index in [1.807, 2.05) is 0 Å². The molecule has 0 aliphatic carbocycles. The Hall–Kier alpha value is -6.10. The van der Waals surface area contributed by atoms with Gasteiger partial charge in [-0.25, -0.2) is 4.39 Å². The van der Waals surface area contributed by atoms with Crippen molar-refractivity contribution in [3.05, 3.63) is 98.6 Å². The lowest BCUT2D eigenvalue weighted by Crippen LogP contribution is -2.58. The van der Waals surface area contributed by atoms with Crippen molar-refractivity contribution < 1.29 is 61.1 Å². The number of benzene rings is 3. The van der Waals surface area contributed by atoms with Gasteiger partial charge in [0.1, 0.15) is 23.9 Å². The van der Waals surface area contributed by atoms with Crippen LogP contribution in [0.1, 0.15) is 102 Å². The molecule has 7 amide bonds. The van der Waals surface area contributed by atoms with E-state index in [9.17, 15) is 61.1 Å². The van der Waals surface area contributed by atoms with Crippen LogP contribution in [0.15, 0.2) is 60.7 Å². The molecule has 3 aliphatic rings. The molecule has 0 bridgehead atoms. The highest BCUT2D eigenvalue weighted by atomic mass is 35.5. The molecule has 4 heterocycles.